The lowest BCUT2D eigenvalue weighted by molar-refractivity contribution is -0.140. The molecule has 6 nitrogen and oxygen atoms in total. The van der Waals surface area contributed by atoms with Crippen LogP contribution in [0.15, 0.2) is 42.5 Å². The molecule has 31 heavy (non-hydrogen) atoms. The third kappa shape index (κ3) is 7.17. The average Bonchev–Trinajstić information content (AvgIpc) is 2.78. The SMILES string of the molecule is CCCCNC(=O)[C@H](C)N(Cc1ccc(Cl)cc1)C(=O)Cc1ccc(OC)c(OC)c1. The summed E-state index contributed by atoms with van der Waals surface area (Å²) in [5.74, 6) is 0.839. The minimum atomic E-state index is -0.611. The first-order valence-electron chi connectivity index (χ1n) is 10.4. The molecule has 2 aromatic rings. The van der Waals surface area contributed by atoms with Crippen LogP contribution in [0.25, 0.3) is 0 Å². The standard InChI is InChI=1S/C24H31ClN2O4/c1-5-6-13-26-24(29)17(2)27(16-18-7-10-20(25)11-8-18)23(28)15-19-9-12-21(30-3)22(14-19)31-4/h7-12,14,17H,5-6,13,15-16H2,1-4H3,(H,26,29)/t17-/m0/s1. The number of carbonyl (C=O) groups excluding carboxylic acids is 2. The molecule has 0 aliphatic carbocycles. The van der Waals surface area contributed by atoms with E-state index in [2.05, 4.69) is 12.2 Å². The van der Waals surface area contributed by atoms with Gasteiger partial charge in [0.15, 0.2) is 11.5 Å². The van der Waals surface area contributed by atoms with Crippen molar-refractivity contribution < 1.29 is 19.1 Å². The molecule has 0 bridgehead atoms. The van der Waals surface area contributed by atoms with Gasteiger partial charge in [0.25, 0.3) is 0 Å². The lowest BCUT2D eigenvalue weighted by Gasteiger charge is -2.29. The van der Waals surface area contributed by atoms with Crippen LogP contribution in [0.2, 0.25) is 5.02 Å². The fourth-order valence-electron chi connectivity index (χ4n) is 3.17. The Morgan fingerprint density at radius 1 is 1.03 bits per heavy atom. The predicted octanol–water partition coefficient (Wildman–Crippen LogP) is 4.23. The number of methoxy groups -OCH3 is 2. The number of unbranched alkanes of at least 4 members (excludes halogenated alkanes) is 1. The van der Waals surface area contributed by atoms with E-state index in [9.17, 15) is 9.59 Å². The zero-order chi connectivity index (χ0) is 22.8. The molecule has 2 amide bonds. The second-order valence-electron chi connectivity index (χ2n) is 7.33. The molecule has 0 heterocycles. The summed E-state index contributed by atoms with van der Waals surface area (Å²) >= 11 is 5.99. The molecule has 7 heteroatoms. The highest BCUT2D eigenvalue weighted by atomic mass is 35.5. The summed E-state index contributed by atoms with van der Waals surface area (Å²) in [7, 11) is 3.12. The van der Waals surface area contributed by atoms with Crippen LogP contribution in [0.1, 0.15) is 37.8 Å². The van der Waals surface area contributed by atoms with Crippen LogP contribution in [-0.2, 0) is 22.6 Å². The van der Waals surface area contributed by atoms with Crippen molar-refractivity contribution in [3.8, 4) is 11.5 Å². The first-order valence-corrected chi connectivity index (χ1v) is 10.8. The number of halogens is 1. The molecule has 1 N–H and O–H groups in total. The van der Waals surface area contributed by atoms with E-state index in [-0.39, 0.29) is 18.2 Å². The molecule has 0 aliphatic heterocycles. The maximum atomic E-state index is 13.3. The molecule has 1 atom stereocenters. The quantitative estimate of drug-likeness (QED) is 0.524. The number of hydrogen-bond acceptors (Lipinski definition) is 4. The van der Waals surface area contributed by atoms with Gasteiger partial charge in [0, 0.05) is 18.1 Å². The summed E-state index contributed by atoms with van der Waals surface area (Å²) in [5, 5.41) is 3.54. The summed E-state index contributed by atoms with van der Waals surface area (Å²) < 4.78 is 10.6. The van der Waals surface area contributed by atoms with E-state index in [1.165, 1.54) is 0 Å². The Kier molecular flexibility index (Phi) is 9.66. The Morgan fingerprint density at radius 3 is 2.29 bits per heavy atom. The van der Waals surface area contributed by atoms with Gasteiger partial charge >= 0.3 is 0 Å². The van der Waals surface area contributed by atoms with Gasteiger partial charge in [0.05, 0.1) is 20.6 Å². The Morgan fingerprint density at radius 2 is 1.68 bits per heavy atom. The summed E-state index contributed by atoms with van der Waals surface area (Å²) in [6, 6.07) is 12.0. The first-order chi connectivity index (χ1) is 14.9. The smallest absolute Gasteiger partial charge is 0.242 e. The molecule has 0 aliphatic rings. The van der Waals surface area contributed by atoms with Crippen LogP contribution in [0.4, 0.5) is 0 Å². The lowest BCUT2D eigenvalue weighted by Crippen LogP contribution is -2.48. The summed E-state index contributed by atoms with van der Waals surface area (Å²) in [6.45, 7) is 4.72. The summed E-state index contributed by atoms with van der Waals surface area (Å²) in [5.41, 5.74) is 1.68. The number of benzene rings is 2. The highest BCUT2D eigenvalue weighted by Gasteiger charge is 2.26. The topological polar surface area (TPSA) is 67.9 Å². The molecule has 0 unspecified atom stereocenters. The molecule has 168 valence electrons. The first kappa shape index (κ1) is 24.5. The van der Waals surface area contributed by atoms with Crippen molar-refractivity contribution in [1.29, 1.82) is 0 Å². The van der Waals surface area contributed by atoms with E-state index in [1.807, 2.05) is 18.2 Å². The van der Waals surface area contributed by atoms with E-state index in [4.69, 9.17) is 21.1 Å². The van der Waals surface area contributed by atoms with Crippen LogP contribution < -0.4 is 14.8 Å². The zero-order valence-electron chi connectivity index (χ0n) is 18.6. The van der Waals surface area contributed by atoms with E-state index < -0.39 is 6.04 Å². The van der Waals surface area contributed by atoms with Gasteiger partial charge in [0.1, 0.15) is 6.04 Å². The number of hydrogen-bond donors (Lipinski definition) is 1. The van der Waals surface area contributed by atoms with E-state index in [0.29, 0.717) is 29.6 Å². The molecular weight excluding hydrogens is 416 g/mol. The number of carbonyl (C=O) groups is 2. The lowest BCUT2D eigenvalue weighted by atomic mass is 10.1. The third-order valence-electron chi connectivity index (χ3n) is 5.07. The van der Waals surface area contributed by atoms with Gasteiger partial charge in [-0.1, -0.05) is 43.1 Å². The predicted molar refractivity (Wildman–Crippen MR) is 123 cm³/mol. The monoisotopic (exact) mass is 446 g/mol. The van der Waals surface area contributed by atoms with Gasteiger partial charge < -0.3 is 19.7 Å². The van der Waals surface area contributed by atoms with Crippen molar-refractivity contribution >= 4 is 23.4 Å². The third-order valence-corrected chi connectivity index (χ3v) is 5.32. The van der Waals surface area contributed by atoms with Crippen LogP contribution in [-0.4, -0.2) is 43.5 Å². The van der Waals surface area contributed by atoms with Crippen molar-refractivity contribution in [2.24, 2.45) is 0 Å². The van der Waals surface area contributed by atoms with Crippen LogP contribution >= 0.6 is 11.6 Å². The molecule has 0 fully saturated rings. The van der Waals surface area contributed by atoms with Crippen molar-refractivity contribution in [3.63, 3.8) is 0 Å². The Balaban J connectivity index is 2.22. The highest BCUT2D eigenvalue weighted by molar-refractivity contribution is 6.30. The van der Waals surface area contributed by atoms with E-state index in [1.54, 1.807) is 50.3 Å². The molecule has 2 rings (SSSR count). The van der Waals surface area contributed by atoms with Gasteiger partial charge in [0.2, 0.25) is 11.8 Å². The zero-order valence-corrected chi connectivity index (χ0v) is 19.4. The van der Waals surface area contributed by atoms with Crippen LogP contribution in [0, 0.1) is 0 Å². The fraction of sp³-hybridized carbons (Fsp3) is 0.417. The number of rotatable bonds is 11. The molecule has 0 radical (unpaired) electrons. The van der Waals surface area contributed by atoms with Crippen LogP contribution in [0.3, 0.4) is 0 Å². The van der Waals surface area contributed by atoms with E-state index >= 15 is 0 Å². The number of amides is 2. The van der Waals surface area contributed by atoms with Gasteiger partial charge in [-0.25, -0.2) is 0 Å². The second-order valence-corrected chi connectivity index (χ2v) is 7.77. The fourth-order valence-corrected chi connectivity index (χ4v) is 3.30. The number of nitrogens with zero attached hydrogens (tertiary/aromatic N) is 1. The van der Waals surface area contributed by atoms with Gasteiger partial charge in [-0.15, -0.1) is 0 Å². The molecule has 0 saturated carbocycles. The Labute approximate surface area is 189 Å². The molecule has 2 aromatic carbocycles. The van der Waals surface area contributed by atoms with Gasteiger partial charge in [-0.3, -0.25) is 9.59 Å². The van der Waals surface area contributed by atoms with Crippen molar-refractivity contribution in [3.05, 3.63) is 58.6 Å². The normalized spacial score (nSPS) is 11.5. The minimum absolute atomic E-state index is 0.139. The van der Waals surface area contributed by atoms with Gasteiger partial charge in [-0.2, -0.15) is 0 Å². The maximum Gasteiger partial charge on any atom is 0.242 e. The molecule has 0 spiro atoms. The summed E-state index contributed by atoms with van der Waals surface area (Å²) in [6.07, 6.45) is 2.02. The average molecular weight is 447 g/mol. The second kappa shape index (κ2) is 12.2. The van der Waals surface area contributed by atoms with Crippen molar-refractivity contribution in [1.82, 2.24) is 10.2 Å². The molecular formula is C24H31ClN2O4. The maximum absolute atomic E-state index is 13.3. The molecule has 0 saturated heterocycles. The largest absolute Gasteiger partial charge is 0.493 e. The van der Waals surface area contributed by atoms with Crippen LogP contribution in [0.5, 0.6) is 11.5 Å². The molecule has 0 aromatic heterocycles. The number of ether oxygens (including phenoxy) is 2. The highest BCUT2D eigenvalue weighted by Crippen LogP contribution is 2.28. The van der Waals surface area contributed by atoms with Gasteiger partial charge in [-0.05, 0) is 48.7 Å². The van der Waals surface area contributed by atoms with Crippen molar-refractivity contribution in [2.45, 2.75) is 45.7 Å². The Hall–Kier alpha value is -2.73. The Bertz CT molecular complexity index is 870. The number of nitrogens with one attached hydrogen (secondary N) is 1. The van der Waals surface area contributed by atoms with Crippen molar-refractivity contribution in [2.75, 3.05) is 20.8 Å². The van der Waals surface area contributed by atoms with E-state index in [0.717, 1.165) is 24.0 Å². The summed E-state index contributed by atoms with van der Waals surface area (Å²) in [4.78, 5) is 27.5. The minimum Gasteiger partial charge on any atom is -0.493 e.